The Labute approximate surface area is 266 Å². The van der Waals surface area contributed by atoms with Crippen LogP contribution < -0.4 is 11.5 Å². The van der Waals surface area contributed by atoms with E-state index in [1.54, 1.807) is 54.1 Å². The largest absolute Gasteiger partial charge is 0.383 e. The van der Waals surface area contributed by atoms with Gasteiger partial charge < -0.3 is 35.4 Å². The number of hydrogen-bond acceptors (Lipinski definition) is 8. The zero-order chi connectivity index (χ0) is 30.9. The number of primary amides is 1. The fraction of sp³-hybridized carbons (Fsp3) is 0.276. The minimum atomic E-state index is -1.65. The first-order valence-electron chi connectivity index (χ1n) is 12.8. The van der Waals surface area contributed by atoms with Crippen LogP contribution in [-0.2, 0) is 32.2 Å². The van der Waals surface area contributed by atoms with Crippen molar-refractivity contribution in [1.29, 1.82) is 0 Å². The van der Waals surface area contributed by atoms with Crippen LogP contribution in [0.3, 0.4) is 0 Å². The quantitative estimate of drug-likeness (QED) is 0.225. The lowest BCUT2D eigenvalue weighted by Crippen LogP contribution is -2.46. The van der Waals surface area contributed by atoms with Crippen molar-refractivity contribution in [2.45, 2.75) is 44.2 Å². The van der Waals surface area contributed by atoms with Crippen molar-refractivity contribution in [3.8, 4) is 11.8 Å². The molecular weight excluding hydrogens is 640 g/mol. The second kappa shape index (κ2) is 12.9. The van der Waals surface area contributed by atoms with Crippen LogP contribution in [0, 0.1) is 11.8 Å². The number of benzene rings is 2. The molecule has 10 nitrogen and oxygen atoms in total. The van der Waals surface area contributed by atoms with E-state index < -0.39 is 29.9 Å². The molecule has 1 aliphatic rings. The number of hydrogen-bond donors (Lipinski definition) is 3. The smallest absolute Gasteiger partial charge is 0.293 e. The van der Waals surface area contributed by atoms with E-state index in [4.69, 9.17) is 72.1 Å². The Kier molecular flexibility index (Phi) is 9.37. The van der Waals surface area contributed by atoms with Gasteiger partial charge in [-0.25, -0.2) is 9.97 Å². The number of carbonyl (C=O) groups is 1. The molecule has 5 rings (SSSR count). The summed E-state index contributed by atoms with van der Waals surface area (Å²) in [6.45, 7) is 1.80. The number of amides is 1. The van der Waals surface area contributed by atoms with Gasteiger partial charge in [-0.3, -0.25) is 4.79 Å². The van der Waals surface area contributed by atoms with Crippen molar-refractivity contribution in [2.75, 3.05) is 12.3 Å². The monoisotopic (exact) mass is 663 g/mol. The molecule has 1 fully saturated rings. The number of carbonyl (C=O) groups excluding carboxylic acids is 1. The molecule has 43 heavy (non-hydrogen) atoms. The van der Waals surface area contributed by atoms with E-state index in [-0.39, 0.29) is 25.6 Å². The van der Waals surface area contributed by atoms with Gasteiger partial charge in [-0.15, -0.1) is 0 Å². The number of nitrogens with zero attached hydrogens (tertiary/aromatic N) is 3. The molecule has 0 spiro atoms. The Hall–Kier alpha value is -3.11. The Morgan fingerprint density at radius 3 is 2.37 bits per heavy atom. The average molecular weight is 665 g/mol. The molecule has 0 radical (unpaired) electrons. The molecule has 3 heterocycles. The highest BCUT2D eigenvalue weighted by molar-refractivity contribution is 6.35. The number of ether oxygens (including phenoxy) is 3. The Morgan fingerprint density at radius 2 is 1.74 bits per heavy atom. The molecule has 2 aromatic heterocycles. The van der Waals surface area contributed by atoms with Crippen LogP contribution in [0.5, 0.6) is 0 Å². The fourth-order valence-electron chi connectivity index (χ4n) is 4.89. The van der Waals surface area contributed by atoms with Crippen LogP contribution >= 0.6 is 46.4 Å². The maximum absolute atomic E-state index is 12.0. The van der Waals surface area contributed by atoms with Crippen LogP contribution in [0.2, 0.25) is 20.1 Å². The van der Waals surface area contributed by atoms with E-state index in [9.17, 15) is 9.90 Å². The van der Waals surface area contributed by atoms with Crippen LogP contribution in [0.4, 0.5) is 5.82 Å². The van der Waals surface area contributed by atoms with Crippen LogP contribution in [-0.4, -0.2) is 50.0 Å². The predicted molar refractivity (Wildman–Crippen MR) is 164 cm³/mol. The summed E-state index contributed by atoms with van der Waals surface area (Å²) in [5.41, 5.74) is 11.7. The van der Waals surface area contributed by atoms with E-state index in [1.165, 1.54) is 6.33 Å². The number of rotatable bonds is 8. The zero-order valence-electron chi connectivity index (χ0n) is 22.6. The highest BCUT2D eigenvalue weighted by atomic mass is 35.5. The molecule has 224 valence electrons. The normalized spacial score (nSPS) is 21.6. The van der Waals surface area contributed by atoms with Gasteiger partial charge in [0, 0.05) is 32.2 Å². The van der Waals surface area contributed by atoms with Crippen LogP contribution in [0.25, 0.3) is 11.0 Å². The van der Waals surface area contributed by atoms with Gasteiger partial charge in [0.15, 0.2) is 6.23 Å². The summed E-state index contributed by atoms with van der Waals surface area (Å²) in [5, 5.41) is 14.2. The zero-order valence-corrected chi connectivity index (χ0v) is 25.6. The molecular formula is C29H25Cl4N5O5. The highest BCUT2D eigenvalue weighted by Crippen LogP contribution is 2.43. The lowest BCUT2D eigenvalue weighted by Gasteiger charge is -2.30. The van der Waals surface area contributed by atoms with Crippen LogP contribution in [0.15, 0.2) is 48.9 Å². The van der Waals surface area contributed by atoms with Gasteiger partial charge in [0.25, 0.3) is 5.91 Å². The lowest BCUT2D eigenvalue weighted by molar-refractivity contribution is -0.114. The molecule has 4 atom stereocenters. The topological polar surface area (TPSA) is 148 Å². The SMILES string of the molecule is C[C@@]1(O)[C@H](OCc2ccc(Cl)cc2Cl)[C@@H](COCc2ccc(Cl)cc2Cl)O[C@H]1n1cc(C#CC(N)=O)c2c(N)ncnc21. The van der Waals surface area contributed by atoms with Crippen molar-refractivity contribution in [2.24, 2.45) is 5.73 Å². The molecule has 0 bridgehead atoms. The Bertz CT molecular complexity index is 1750. The van der Waals surface area contributed by atoms with Gasteiger partial charge in [-0.1, -0.05) is 64.5 Å². The third-order valence-corrected chi connectivity index (χ3v) is 8.09. The maximum Gasteiger partial charge on any atom is 0.293 e. The summed E-state index contributed by atoms with van der Waals surface area (Å²) in [6.07, 6.45) is 0.104. The van der Waals surface area contributed by atoms with E-state index in [0.717, 1.165) is 5.56 Å². The van der Waals surface area contributed by atoms with Gasteiger partial charge in [-0.05, 0) is 42.3 Å². The molecule has 1 amide bonds. The molecule has 5 N–H and O–H groups in total. The van der Waals surface area contributed by atoms with Crippen molar-refractivity contribution in [3.05, 3.63) is 85.7 Å². The summed E-state index contributed by atoms with van der Waals surface area (Å²) < 4.78 is 20.2. The van der Waals surface area contributed by atoms with E-state index in [1.807, 2.05) is 0 Å². The molecule has 0 aliphatic carbocycles. The third kappa shape index (κ3) is 6.70. The van der Waals surface area contributed by atoms with E-state index >= 15 is 0 Å². The first-order chi connectivity index (χ1) is 20.5. The number of nitrogens with two attached hydrogens (primary N) is 2. The molecule has 0 saturated carbocycles. The highest BCUT2D eigenvalue weighted by Gasteiger charge is 2.55. The van der Waals surface area contributed by atoms with Crippen molar-refractivity contribution >= 4 is 69.2 Å². The first-order valence-corrected chi connectivity index (χ1v) is 14.3. The molecule has 14 heteroatoms. The molecule has 4 aromatic rings. The van der Waals surface area contributed by atoms with E-state index in [2.05, 4.69) is 21.8 Å². The molecule has 1 aliphatic heterocycles. The van der Waals surface area contributed by atoms with Crippen molar-refractivity contribution in [1.82, 2.24) is 14.5 Å². The van der Waals surface area contributed by atoms with E-state index in [0.29, 0.717) is 42.3 Å². The molecule has 1 saturated heterocycles. The van der Waals surface area contributed by atoms with Crippen molar-refractivity contribution < 1.29 is 24.1 Å². The maximum atomic E-state index is 12.0. The molecule has 2 aromatic carbocycles. The van der Waals surface area contributed by atoms with Gasteiger partial charge in [0.2, 0.25) is 0 Å². The minimum Gasteiger partial charge on any atom is -0.383 e. The van der Waals surface area contributed by atoms with Gasteiger partial charge >= 0.3 is 0 Å². The lowest BCUT2D eigenvalue weighted by atomic mass is 9.96. The fourth-order valence-corrected chi connectivity index (χ4v) is 5.82. The second-order valence-corrected chi connectivity index (χ2v) is 11.7. The third-order valence-electron chi connectivity index (χ3n) is 6.92. The molecule has 0 unspecified atom stereocenters. The standard InChI is InChI=1S/C29H25Cl4N5O5/c1-29(40)25(42-12-17-3-6-19(31)9-21(17)33)22(13-41-11-16-2-5-18(30)8-20(16)32)43-28(29)38-10-15(4-7-23(34)39)24-26(35)36-14-37-27(24)38/h2-3,5-6,8-10,14,22,25,28,40H,11-13H2,1H3,(H2,34,39)(H2,35,36,37)/t22-,25-,28-,29-/m1/s1. The Morgan fingerprint density at radius 1 is 1.09 bits per heavy atom. The summed E-state index contributed by atoms with van der Waals surface area (Å²) in [7, 11) is 0. The number of aliphatic hydroxyl groups is 1. The van der Waals surface area contributed by atoms with Gasteiger partial charge in [0.05, 0.1) is 30.8 Å². The number of anilines is 1. The summed E-state index contributed by atoms with van der Waals surface area (Å²) in [4.78, 5) is 19.8. The summed E-state index contributed by atoms with van der Waals surface area (Å²) in [6, 6.07) is 10.1. The number of nitrogen functional groups attached to an aromatic ring is 1. The summed E-state index contributed by atoms with van der Waals surface area (Å²) in [5.74, 6) is 4.29. The number of fused-ring (bicyclic) bond motifs is 1. The van der Waals surface area contributed by atoms with Gasteiger partial charge in [0.1, 0.15) is 35.6 Å². The van der Waals surface area contributed by atoms with Gasteiger partial charge in [-0.2, -0.15) is 0 Å². The second-order valence-electron chi connectivity index (χ2n) is 9.99. The minimum absolute atomic E-state index is 0.0231. The van der Waals surface area contributed by atoms with Crippen LogP contribution in [0.1, 0.15) is 29.8 Å². The first kappa shape index (κ1) is 31.3. The number of halogens is 4. The van der Waals surface area contributed by atoms with Crippen molar-refractivity contribution in [3.63, 3.8) is 0 Å². The predicted octanol–water partition coefficient (Wildman–Crippen LogP) is 4.91. The number of aromatic nitrogens is 3. The Balaban J connectivity index is 1.48. The average Bonchev–Trinajstić information content (AvgIpc) is 3.42. The summed E-state index contributed by atoms with van der Waals surface area (Å²) >= 11 is 24.8.